The van der Waals surface area contributed by atoms with Crippen LogP contribution in [0.5, 0.6) is 0 Å². The first-order valence-corrected chi connectivity index (χ1v) is 8.92. The van der Waals surface area contributed by atoms with Gasteiger partial charge in [-0.15, -0.1) is 0 Å². The highest BCUT2D eigenvalue weighted by atomic mass is 16.1. The molecule has 5 nitrogen and oxygen atoms in total. The molecule has 0 aliphatic rings. The lowest BCUT2D eigenvalue weighted by Gasteiger charge is -2.10. The number of hydrogen-bond donors (Lipinski definition) is 1. The van der Waals surface area contributed by atoms with Gasteiger partial charge < -0.3 is 5.32 Å². The summed E-state index contributed by atoms with van der Waals surface area (Å²) >= 11 is 0. The molecule has 0 bridgehead atoms. The number of para-hydroxylation sites is 1. The highest BCUT2D eigenvalue weighted by Gasteiger charge is 2.12. The van der Waals surface area contributed by atoms with Crippen LogP contribution in [0.2, 0.25) is 0 Å². The quantitative estimate of drug-likeness (QED) is 0.699. The monoisotopic (exact) mass is 360 g/mol. The van der Waals surface area contributed by atoms with Crippen LogP contribution in [0, 0.1) is 34.6 Å². The van der Waals surface area contributed by atoms with Gasteiger partial charge in [-0.2, -0.15) is 5.10 Å². The SMILES string of the molecule is Cc1cc(C)c(NC(=O)/C=C/c2c(C)nn(-c3ccccc3)c2C)c(C)n1. The fourth-order valence-corrected chi connectivity index (χ4v) is 3.25. The average molecular weight is 360 g/mol. The standard InChI is InChI=1S/C22H24N4O/c1-14-13-15(2)23-17(4)22(14)24-21(27)12-11-20-16(3)25-26(18(20)5)19-9-7-6-8-10-19/h6-13H,1-5H3,(H,24,27)/b12-11+. The van der Waals surface area contributed by atoms with Crippen molar-refractivity contribution >= 4 is 17.7 Å². The zero-order chi connectivity index (χ0) is 19.6. The molecule has 3 rings (SSSR count). The molecule has 2 heterocycles. The molecular formula is C22H24N4O. The molecule has 0 saturated carbocycles. The fraction of sp³-hybridized carbons (Fsp3) is 0.227. The maximum atomic E-state index is 12.4. The van der Waals surface area contributed by atoms with E-state index < -0.39 is 0 Å². The van der Waals surface area contributed by atoms with Gasteiger partial charge in [0.05, 0.1) is 22.8 Å². The van der Waals surface area contributed by atoms with Gasteiger partial charge in [-0.1, -0.05) is 18.2 Å². The van der Waals surface area contributed by atoms with Gasteiger partial charge in [-0.05, 0) is 64.5 Å². The third-order valence-corrected chi connectivity index (χ3v) is 4.52. The van der Waals surface area contributed by atoms with Crippen LogP contribution in [0.1, 0.15) is 33.9 Å². The maximum Gasteiger partial charge on any atom is 0.248 e. The van der Waals surface area contributed by atoms with E-state index in [1.807, 2.05) is 81.8 Å². The summed E-state index contributed by atoms with van der Waals surface area (Å²) in [6.45, 7) is 9.77. The van der Waals surface area contributed by atoms with Crippen LogP contribution < -0.4 is 5.32 Å². The van der Waals surface area contributed by atoms with Crippen LogP contribution >= 0.6 is 0 Å². The van der Waals surface area contributed by atoms with E-state index in [1.165, 1.54) is 0 Å². The van der Waals surface area contributed by atoms with Gasteiger partial charge in [0.2, 0.25) is 5.91 Å². The second-order valence-corrected chi connectivity index (χ2v) is 6.70. The van der Waals surface area contributed by atoms with Gasteiger partial charge in [0.25, 0.3) is 0 Å². The number of carbonyl (C=O) groups is 1. The molecular weight excluding hydrogens is 336 g/mol. The Kier molecular flexibility index (Phi) is 5.21. The third-order valence-electron chi connectivity index (χ3n) is 4.52. The first kappa shape index (κ1) is 18.6. The number of aromatic nitrogens is 3. The molecule has 27 heavy (non-hydrogen) atoms. The topological polar surface area (TPSA) is 59.8 Å². The van der Waals surface area contributed by atoms with Crippen molar-refractivity contribution in [2.75, 3.05) is 5.32 Å². The van der Waals surface area contributed by atoms with E-state index >= 15 is 0 Å². The minimum absolute atomic E-state index is 0.182. The van der Waals surface area contributed by atoms with Gasteiger partial charge >= 0.3 is 0 Å². The molecule has 0 saturated heterocycles. The summed E-state index contributed by atoms with van der Waals surface area (Å²) in [5.41, 5.74) is 7.35. The molecule has 0 unspecified atom stereocenters. The second-order valence-electron chi connectivity index (χ2n) is 6.70. The number of amides is 1. The normalized spacial score (nSPS) is 11.1. The predicted octanol–water partition coefficient (Wildman–Crippen LogP) is 4.46. The average Bonchev–Trinajstić information content (AvgIpc) is 2.91. The molecule has 0 radical (unpaired) electrons. The van der Waals surface area contributed by atoms with Gasteiger partial charge in [-0.3, -0.25) is 9.78 Å². The van der Waals surface area contributed by atoms with E-state index in [9.17, 15) is 4.79 Å². The molecule has 0 spiro atoms. The zero-order valence-electron chi connectivity index (χ0n) is 16.4. The van der Waals surface area contributed by atoms with Crippen molar-refractivity contribution in [2.24, 2.45) is 0 Å². The lowest BCUT2D eigenvalue weighted by molar-refractivity contribution is -0.111. The molecule has 0 aliphatic carbocycles. The van der Waals surface area contributed by atoms with Crippen LogP contribution in [-0.4, -0.2) is 20.7 Å². The van der Waals surface area contributed by atoms with Crippen LogP contribution in [0.3, 0.4) is 0 Å². The van der Waals surface area contributed by atoms with Crippen LogP contribution in [0.25, 0.3) is 11.8 Å². The Bertz CT molecular complexity index is 993. The summed E-state index contributed by atoms with van der Waals surface area (Å²) in [5.74, 6) is -0.182. The summed E-state index contributed by atoms with van der Waals surface area (Å²) in [7, 11) is 0. The summed E-state index contributed by atoms with van der Waals surface area (Å²) in [6.07, 6.45) is 3.36. The van der Waals surface area contributed by atoms with Crippen LogP contribution in [0.15, 0.2) is 42.5 Å². The van der Waals surface area contributed by atoms with Gasteiger partial charge in [-0.25, -0.2) is 4.68 Å². The van der Waals surface area contributed by atoms with E-state index in [0.717, 1.165) is 45.3 Å². The molecule has 5 heteroatoms. The number of aryl methyl sites for hydroxylation is 4. The van der Waals surface area contributed by atoms with Crippen molar-refractivity contribution in [1.29, 1.82) is 0 Å². The first-order chi connectivity index (χ1) is 12.9. The predicted molar refractivity (Wildman–Crippen MR) is 109 cm³/mol. The Balaban J connectivity index is 1.83. The largest absolute Gasteiger partial charge is 0.321 e. The number of hydrogen-bond acceptors (Lipinski definition) is 3. The Labute approximate surface area is 159 Å². The van der Waals surface area contributed by atoms with Gasteiger partial charge in [0, 0.05) is 23.0 Å². The van der Waals surface area contributed by atoms with Crippen molar-refractivity contribution in [3.8, 4) is 5.69 Å². The minimum atomic E-state index is -0.182. The maximum absolute atomic E-state index is 12.4. The minimum Gasteiger partial charge on any atom is -0.321 e. The second kappa shape index (κ2) is 7.58. The molecule has 2 aromatic heterocycles. The summed E-state index contributed by atoms with van der Waals surface area (Å²) in [6, 6.07) is 11.9. The zero-order valence-corrected chi connectivity index (χ0v) is 16.4. The Hall–Kier alpha value is -3.21. The fourth-order valence-electron chi connectivity index (χ4n) is 3.25. The first-order valence-electron chi connectivity index (χ1n) is 8.92. The molecule has 1 N–H and O–H groups in total. The van der Waals surface area contributed by atoms with E-state index in [4.69, 9.17) is 0 Å². The van der Waals surface area contributed by atoms with E-state index in [2.05, 4.69) is 15.4 Å². The van der Waals surface area contributed by atoms with Crippen molar-refractivity contribution in [3.05, 3.63) is 76.4 Å². The summed E-state index contributed by atoms with van der Waals surface area (Å²) in [4.78, 5) is 16.8. The number of pyridine rings is 1. The van der Waals surface area contributed by atoms with Crippen molar-refractivity contribution < 1.29 is 4.79 Å². The highest BCUT2D eigenvalue weighted by molar-refractivity contribution is 6.02. The highest BCUT2D eigenvalue weighted by Crippen LogP contribution is 2.21. The molecule has 1 amide bonds. The number of rotatable bonds is 4. The number of nitrogens with zero attached hydrogens (tertiary/aromatic N) is 3. The van der Waals surface area contributed by atoms with Gasteiger partial charge in [0.1, 0.15) is 0 Å². The molecule has 3 aromatic rings. The van der Waals surface area contributed by atoms with Crippen LogP contribution in [-0.2, 0) is 4.79 Å². The molecule has 0 atom stereocenters. The number of carbonyl (C=O) groups excluding carboxylic acids is 1. The Morgan fingerprint density at radius 3 is 2.41 bits per heavy atom. The van der Waals surface area contributed by atoms with E-state index in [-0.39, 0.29) is 5.91 Å². The van der Waals surface area contributed by atoms with Crippen molar-refractivity contribution in [3.63, 3.8) is 0 Å². The van der Waals surface area contributed by atoms with Gasteiger partial charge in [0.15, 0.2) is 0 Å². The number of benzene rings is 1. The Morgan fingerprint density at radius 1 is 1.04 bits per heavy atom. The number of anilines is 1. The van der Waals surface area contributed by atoms with E-state index in [0.29, 0.717) is 0 Å². The Morgan fingerprint density at radius 2 is 1.74 bits per heavy atom. The lowest BCUT2D eigenvalue weighted by Crippen LogP contribution is -2.11. The van der Waals surface area contributed by atoms with E-state index in [1.54, 1.807) is 6.08 Å². The summed E-state index contributed by atoms with van der Waals surface area (Å²) in [5, 5.41) is 7.54. The molecule has 0 fully saturated rings. The molecule has 0 aliphatic heterocycles. The third kappa shape index (κ3) is 3.97. The molecule has 1 aromatic carbocycles. The van der Waals surface area contributed by atoms with Crippen molar-refractivity contribution in [2.45, 2.75) is 34.6 Å². The van der Waals surface area contributed by atoms with Crippen molar-refractivity contribution in [1.82, 2.24) is 14.8 Å². The van der Waals surface area contributed by atoms with Crippen LogP contribution in [0.4, 0.5) is 5.69 Å². The number of nitrogens with one attached hydrogen (secondary N) is 1. The summed E-state index contributed by atoms with van der Waals surface area (Å²) < 4.78 is 1.89. The lowest BCUT2D eigenvalue weighted by atomic mass is 10.1. The smallest absolute Gasteiger partial charge is 0.248 e. The molecule has 138 valence electrons.